The summed E-state index contributed by atoms with van der Waals surface area (Å²) >= 11 is 0. The maximum atomic E-state index is 11.9. The highest BCUT2D eigenvalue weighted by atomic mass is 28.4. The van der Waals surface area contributed by atoms with E-state index in [-0.39, 0.29) is 17.9 Å². The van der Waals surface area contributed by atoms with Crippen molar-refractivity contribution in [2.75, 3.05) is 6.54 Å². The summed E-state index contributed by atoms with van der Waals surface area (Å²) in [6.07, 6.45) is 21.7. The van der Waals surface area contributed by atoms with Crippen molar-refractivity contribution >= 4 is 14.2 Å². The zero-order valence-electron chi connectivity index (χ0n) is 19.3. The summed E-state index contributed by atoms with van der Waals surface area (Å²) in [7, 11) is -1.64. The molecule has 1 rings (SSSR count). The van der Waals surface area contributed by atoms with Gasteiger partial charge in [-0.15, -0.1) is 0 Å². The molecule has 0 unspecified atom stereocenters. The molecule has 1 heterocycles. The lowest BCUT2D eigenvalue weighted by molar-refractivity contribution is -0.116. The molecule has 0 bridgehead atoms. The lowest BCUT2D eigenvalue weighted by Gasteiger charge is -2.29. The second kappa shape index (κ2) is 13.5. The first-order valence-corrected chi connectivity index (χ1v) is 14.4. The Labute approximate surface area is 179 Å². The number of allylic oxidation sites excluding steroid dienone is 7. The Bertz CT molecular complexity index is 650. The van der Waals surface area contributed by atoms with Crippen LogP contribution in [0.15, 0.2) is 59.8 Å². The average molecular weight is 416 g/mol. The van der Waals surface area contributed by atoms with Crippen LogP contribution in [0.4, 0.5) is 0 Å². The molecule has 0 saturated carbocycles. The van der Waals surface area contributed by atoms with Gasteiger partial charge in [-0.1, -0.05) is 60.6 Å². The Morgan fingerprint density at radius 3 is 2.55 bits per heavy atom. The Hall–Kier alpha value is -1.65. The van der Waals surface area contributed by atoms with Gasteiger partial charge in [0.15, 0.2) is 8.32 Å². The van der Waals surface area contributed by atoms with E-state index in [2.05, 4.69) is 76.1 Å². The molecular formula is C25H41NO2Si. The fourth-order valence-corrected chi connectivity index (χ4v) is 4.42. The molecule has 3 nitrogen and oxygen atoms in total. The fraction of sp³-hybridized carbons (Fsp3) is 0.560. The van der Waals surface area contributed by atoms with E-state index in [1.807, 2.05) is 12.2 Å². The van der Waals surface area contributed by atoms with E-state index in [1.165, 1.54) is 11.1 Å². The van der Waals surface area contributed by atoms with Crippen molar-refractivity contribution in [1.82, 2.24) is 5.32 Å². The third-order valence-corrected chi connectivity index (χ3v) is 5.74. The molecule has 1 N–H and O–H groups in total. The first-order chi connectivity index (χ1) is 13.7. The number of carbonyl (C=O) groups excluding carboxylic acids is 1. The van der Waals surface area contributed by atoms with Crippen LogP contribution >= 0.6 is 0 Å². The molecule has 29 heavy (non-hydrogen) atoms. The largest absolute Gasteiger partial charge is 0.414 e. The van der Waals surface area contributed by atoms with Gasteiger partial charge in [-0.2, -0.15) is 0 Å². The maximum absolute atomic E-state index is 11.9. The first kappa shape index (κ1) is 25.4. The lowest BCUT2D eigenvalue weighted by atomic mass is 9.98. The average Bonchev–Trinajstić information content (AvgIpc) is 2.62. The predicted molar refractivity (Wildman–Crippen MR) is 128 cm³/mol. The highest BCUT2D eigenvalue weighted by Crippen LogP contribution is 2.21. The van der Waals surface area contributed by atoms with Crippen molar-refractivity contribution < 1.29 is 9.22 Å². The van der Waals surface area contributed by atoms with Crippen LogP contribution in [0.3, 0.4) is 0 Å². The van der Waals surface area contributed by atoms with Gasteiger partial charge in [0.2, 0.25) is 5.91 Å². The minimum Gasteiger partial charge on any atom is -0.414 e. The highest BCUT2D eigenvalue weighted by Gasteiger charge is 2.23. The summed E-state index contributed by atoms with van der Waals surface area (Å²) in [6.45, 7) is 14.0. The van der Waals surface area contributed by atoms with Crippen LogP contribution in [0.25, 0.3) is 0 Å². The Kier molecular flexibility index (Phi) is 11.9. The van der Waals surface area contributed by atoms with Gasteiger partial charge in [0, 0.05) is 12.6 Å². The van der Waals surface area contributed by atoms with Crippen molar-refractivity contribution in [2.24, 2.45) is 5.92 Å². The summed E-state index contributed by atoms with van der Waals surface area (Å²) in [4.78, 5) is 11.9. The van der Waals surface area contributed by atoms with Gasteiger partial charge in [0.1, 0.15) is 0 Å². The normalized spacial score (nSPS) is 30.8. The van der Waals surface area contributed by atoms with E-state index in [1.54, 1.807) is 6.08 Å². The van der Waals surface area contributed by atoms with Gasteiger partial charge >= 0.3 is 0 Å². The van der Waals surface area contributed by atoms with E-state index in [9.17, 15) is 4.79 Å². The Morgan fingerprint density at radius 1 is 1.07 bits per heavy atom. The summed E-state index contributed by atoms with van der Waals surface area (Å²) in [5.74, 6) is 0.253. The van der Waals surface area contributed by atoms with Crippen LogP contribution in [0.2, 0.25) is 19.6 Å². The molecule has 0 saturated heterocycles. The quantitative estimate of drug-likeness (QED) is 0.414. The molecule has 162 valence electrons. The predicted octanol–water partition coefficient (Wildman–Crippen LogP) is 6.48. The monoisotopic (exact) mass is 415 g/mol. The smallest absolute Gasteiger partial charge is 0.243 e. The van der Waals surface area contributed by atoms with Crippen LogP contribution in [0.5, 0.6) is 0 Å². The van der Waals surface area contributed by atoms with E-state index in [4.69, 9.17) is 4.43 Å². The topological polar surface area (TPSA) is 38.3 Å². The second-order valence-electron chi connectivity index (χ2n) is 9.06. The number of hydrogen-bond acceptors (Lipinski definition) is 2. The van der Waals surface area contributed by atoms with E-state index in [0.717, 1.165) is 38.6 Å². The van der Waals surface area contributed by atoms with Gasteiger partial charge < -0.3 is 9.74 Å². The Balaban J connectivity index is 2.96. The van der Waals surface area contributed by atoms with Gasteiger partial charge in [0.05, 0.1) is 6.10 Å². The number of amides is 1. The van der Waals surface area contributed by atoms with Gasteiger partial charge in [-0.25, -0.2) is 0 Å². The number of nitrogens with one attached hydrogen (secondary N) is 1. The van der Waals surface area contributed by atoms with Crippen LogP contribution in [0.1, 0.15) is 52.9 Å². The lowest BCUT2D eigenvalue weighted by Crippen LogP contribution is -2.34. The summed E-state index contributed by atoms with van der Waals surface area (Å²) in [5.41, 5.74) is 2.76. The third kappa shape index (κ3) is 13.2. The van der Waals surface area contributed by atoms with Crippen LogP contribution in [-0.4, -0.2) is 26.9 Å². The molecule has 0 aromatic carbocycles. The highest BCUT2D eigenvalue weighted by molar-refractivity contribution is 6.69. The van der Waals surface area contributed by atoms with Crippen molar-refractivity contribution in [1.29, 1.82) is 0 Å². The molecule has 4 heteroatoms. The van der Waals surface area contributed by atoms with E-state index >= 15 is 0 Å². The number of carbonyl (C=O) groups is 1. The van der Waals surface area contributed by atoms with Crippen LogP contribution in [-0.2, 0) is 9.22 Å². The number of hydrogen-bond donors (Lipinski definition) is 1. The molecule has 0 aliphatic carbocycles. The zero-order chi connectivity index (χ0) is 21.7. The minimum atomic E-state index is -1.64. The third-order valence-electron chi connectivity index (χ3n) is 4.73. The van der Waals surface area contributed by atoms with Gasteiger partial charge in [0.25, 0.3) is 0 Å². The van der Waals surface area contributed by atoms with E-state index in [0.29, 0.717) is 0 Å². The minimum absolute atomic E-state index is 0.0285. The maximum Gasteiger partial charge on any atom is 0.243 e. The van der Waals surface area contributed by atoms with Gasteiger partial charge in [-0.05, 0) is 71.5 Å². The SMILES string of the molecule is C/C1=C\C=C\CCCCNC(=O)/C=C/C=C/[C@H](C)[C@@H](O[Si](C)(C)C)C/C=C(\C)C1. The first-order valence-electron chi connectivity index (χ1n) is 11.0. The molecule has 0 aromatic rings. The van der Waals surface area contributed by atoms with Crippen LogP contribution in [0, 0.1) is 5.92 Å². The van der Waals surface area contributed by atoms with Crippen molar-refractivity contribution in [2.45, 2.75) is 78.6 Å². The standard InChI is InChI=1S/C25H41NO2Si/c1-21-14-10-8-7-9-13-19-26-25(27)16-12-11-15-23(3)24(28-29(4,5)6)18-17-22(2)20-21/h8,10-12,14-17,23-24H,7,9,13,18-20H2,1-6H3,(H,26,27)/b10-8+,15-11+,16-12+,21-14+,22-17+/t23-,24-/m0/s1. The van der Waals surface area contributed by atoms with Crippen molar-refractivity contribution in [3.63, 3.8) is 0 Å². The zero-order valence-corrected chi connectivity index (χ0v) is 20.3. The molecule has 1 aliphatic rings. The van der Waals surface area contributed by atoms with Gasteiger partial charge in [-0.3, -0.25) is 4.79 Å². The molecule has 0 radical (unpaired) electrons. The Morgan fingerprint density at radius 2 is 1.83 bits per heavy atom. The fourth-order valence-electron chi connectivity index (χ4n) is 3.20. The summed E-state index contributed by atoms with van der Waals surface area (Å²) in [5, 5.41) is 2.95. The molecule has 1 amide bonds. The molecule has 2 atom stereocenters. The molecule has 0 spiro atoms. The van der Waals surface area contributed by atoms with E-state index < -0.39 is 8.32 Å². The molecule has 1 aliphatic heterocycles. The molecule has 0 fully saturated rings. The second-order valence-corrected chi connectivity index (χ2v) is 13.5. The number of rotatable bonds is 2. The van der Waals surface area contributed by atoms with Crippen molar-refractivity contribution in [3.8, 4) is 0 Å². The molecular weight excluding hydrogens is 374 g/mol. The summed E-state index contributed by atoms with van der Waals surface area (Å²) < 4.78 is 6.47. The summed E-state index contributed by atoms with van der Waals surface area (Å²) in [6, 6.07) is 0. The van der Waals surface area contributed by atoms with Crippen molar-refractivity contribution in [3.05, 3.63) is 59.8 Å². The van der Waals surface area contributed by atoms with Crippen LogP contribution < -0.4 is 5.32 Å². The molecule has 0 aromatic heterocycles.